The minimum Gasteiger partial charge on any atom is -1.00 e. The maximum absolute atomic E-state index is 12.4. The summed E-state index contributed by atoms with van der Waals surface area (Å²) in [5.41, 5.74) is 0.516. The van der Waals surface area contributed by atoms with Crippen LogP contribution in [0.15, 0.2) is 30.3 Å². The van der Waals surface area contributed by atoms with E-state index in [0.717, 1.165) is 17.3 Å². The van der Waals surface area contributed by atoms with Gasteiger partial charge in [-0.05, 0) is 12.1 Å². The fraction of sp³-hybridized carbons (Fsp3) is 0.556. The Labute approximate surface area is 159 Å². The molecule has 6 heteroatoms. The lowest BCUT2D eigenvalue weighted by molar-refractivity contribution is -0.934. The number of carbonyl (C=O) groups is 2. The molecule has 2 aliphatic rings. The minimum atomic E-state index is -0.404. The Morgan fingerprint density at radius 3 is 2.42 bits per heavy atom. The first kappa shape index (κ1) is 19.2. The van der Waals surface area contributed by atoms with Crippen molar-refractivity contribution in [3.8, 4) is 0 Å². The average molecular weight is 445 g/mol. The van der Waals surface area contributed by atoms with Crippen LogP contribution in [0.4, 0.5) is 0 Å². The molecule has 0 amide bonds. The van der Waals surface area contributed by atoms with Crippen LogP contribution in [0, 0.1) is 5.92 Å². The number of ether oxygens (including phenoxy) is 2. The number of nitrogens with zero attached hydrogens (tertiary/aromatic N) is 1. The van der Waals surface area contributed by atoms with Crippen LogP contribution in [0.1, 0.15) is 29.6 Å². The third-order valence-corrected chi connectivity index (χ3v) is 5.65. The number of quaternary nitrogens is 1. The summed E-state index contributed by atoms with van der Waals surface area (Å²) in [7, 11) is 5.72. The molecule has 3 rings (SSSR count). The zero-order valence-corrected chi connectivity index (χ0v) is 16.4. The van der Waals surface area contributed by atoms with E-state index in [2.05, 4.69) is 14.1 Å². The van der Waals surface area contributed by atoms with Gasteiger partial charge in [0.15, 0.2) is 0 Å². The van der Waals surface area contributed by atoms with Crippen LogP contribution in [0.25, 0.3) is 0 Å². The Morgan fingerprint density at radius 1 is 1.12 bits per heavy atom. The number of halogens is 1. The molecule has 2 bridgehead atoms. The van der Waals surface area contributed by atoms with Gasteiger partial charge < -0.3 is 37.9 Å². The first-order chi connectivity index (χ1) is 10.9. The molecule has 0 saturated carbocycles. The lowest BCUT2D eigenvalue weighted by Crippen LogP contribution is -3.00. The van der Waals surface area contributed by atoms with Crippen molar-refractivity contribution in [2.75, 3.05) is 21.2 Å². The van der Waals surface area contributed by atoms with Crippen molar-refractivity contribution in [1.29, 1.82) is 0 Å². The summed E-state index contributed by atoms with van der Waals surface area (Å²) in [4.78, 5) is 24.7. The van der Waals surface area contributed by atoms with Crippen molar-refractivity contribution in [3.05, 3.63) is 35.9 Å². The molecule has 4 atom stereocenters. The molecule has 0 N–H and O–H groups in total. The largest absolute Gasteiger partial charge is 1.00 e. The third kappa shape index (κ3) is 3.31. The highest BCUT2D eigenvalue weighted by Gasteiger charge is 2.58. The standard InChI is InChI=1S/C18H24NO4.HI/c1-19(2)13-9-10-14(19)16(18(21)22-3)15(11-13)23-17(20)12-7-5-4-6-8-12;/h4-8,13-16H,9-11H2,1-3H3;1H/q+1;/p-1/t13?,14?,15-,16+;/m0./s1. The highest BCUT2D eigenvalue weighted by atomic mass is 127. The first-order valence-corrected chi connectivity index (χ1v) is 8.12. The molecular formula is C18H24INO4. The molecule has 2 fully saturated rings. The number of esters is 2. The molecule has 2 heterocycles. The smallest absolute Gasteiger partial charge is 0.338 e. The Morgan fingerprint density at radius 2 is 1.79 bits per heavy atom. The van der Waals surface area contributed by atoms with Gasteiger partial charge in [0.2, 0.25) is 0 Å². The summed E-state index contributed by atoms with van der Waals surface area (Å²) in [6.45, 7) is 0. The van der Waals surface area contributed by atoms with E-state index >= 15 is 0 Å². The van der Waals surface area contributed by atoms with Gasteiger partial charge in [0.25, 0.3) is 0 Å². The van der Waals surface area contributed by atoms with Crippen LogP contribution >= 0.6 is 0 Å². The van der Waals surface area contributed by atoms with E-state index in [-0.39, 0.29) is 47.9 Å². The SMILES string of the molecule is COC(=O)[C@@H]1C2CCC(C[C@@H]1OC(=O)c1ccccc1)[N+]2(C)C.[I-]. The molecule has 2 saturated heterocycles. The Kier molecular flexibility index (Phi) is 5.91. The number of piperidine rings is 1. The summed E-state index contributed by atoms with van der Waals surface area (Å²) in [5.74, 6) is -1.02. The van der Waals surface area contributed by atoms with Gasteiger partial charge in [0.1, 0.15) is 18.1 Å². The maximum atomic E-state index is 12.4. The number of hydrogen-bond acceptors (Lipinski definition) is 4. The highest BCUT2D eigenvalue weighted by molar-refractivity contribution is 5.89. The molecule has 2 unspecified atom stereocenters. The van der Waals surface area contributed by atoms with E-state index in [0.29, 0.717) is 18.0 Å². The predicted molar refractivity (Wildman–Crippen MR) is 84.7 cm³/mol. The predicted octanol–water partition coefficient (Wildman–Crippen LogP) is -0.984. The normalized spacial score (nSPS) is 30.1. The van der Waals surface area contributed by atoms with E-state index in [4.69, 9.17) is 9.47 Å². The highest BCUT2D eigenvalue weighted by Crippen LogP contribution is 2.44. The molecule has 0 spiro atoms. The van der Waals surface area contributed by atoms with E-state index in [1.165, 1.54) is 7.11 Å². The molecule has 0 radical (unpaired) electrons. The molecule has 132 valence electrons. The Balaban J connectivity index is 0.00000208. The number of carbonyl (C=O) groups excluding carboxylic acids is 2. The quantitative estimate of drug-likeness (QED) is 0.341. The summed E-state index contributed by atoms with van der Waals surface area (Å²) in [6.07, 6.45) is 2.34. The summed E-state index contributed by atoms with van der Waals surface area (Å²) >= 11 is 0. The Bertz CT molecular complexity index is 604. The number of methoxy groups -OCH3 is 1. The van der Waals surface area contributed by atoms with Gasteiger partial charge in [-0.25, -0.2) is 4.79 Å². The first-order valence-electron chi connectivity index (χ1n) is 8.12. The van der Waals surface area contributed by atoms with Crippen molar-refractivity contribution >= 4 is 11.9 Å². The molecule has 1 aromatic carbocycles. The molecule has 0 aliphatic carbocycles. The Hall–Kier alpha value is -1.15. The molecule has 1 aromatic rings. The van der Waals surface area contributed by atoms with E-state index in [9.17, 15) is 9.59 Å². The lowest BCUT2D eigenvalue weighted by Gasteiger charge is -2.47. The van der Waals surface area contributed by atoms with E-state index in [1.807, 2.05) is 6.07 Å². The average Bonchev–Trinajstić information content (AvgIpc) is 2.73. The van der Waals surface area contributed by atoms with E-state index in [1.54, 1.807) is 24.3 Å². The zero-order valence-electron chi connectivity index (χ0n) is 14.3. The van der Waals surface area contributed by atoms with Gasteiger partial charge in [-0.15, -0.1) is 0 Å². The van der Waals surface area contributed by atoms with Crippen LogP contribution in [-0.4, -0.2) is 55.8 Å². The van der Waals surface area contributed by atoms with Crippen LogP contribution in [0.5, 0.6) is 0 Å². The topological polar surface area (TPSA) is 52.6 Å². The summed E-state index contributed by atoms with van der Waals surface area (Å²) in [5, 5.41) is 0. The van der Waals surface area contributed by atoms with Crippen LogP contribution in [0.2, 0.25) is 0 Å². The van der Waals surface area contributed by atoms with Crippen molar-refractivity contribution in [2.24, 2.45) is 5.92 Å². The number of benzene rings is 1. The number of rotatable bonds is 3. The van der Waals surface area contributed by atoms with Gasteiger partial charge in [-0.3, -0.25) is 4.79 Å². The molecule has 5 nitrogen and oxygen atoms in total. The van der Waals surface area contributed by atoms with Gasteiger partial charge in [0, 0.05) is 19.3 Å². The van der Waals surface area contributed by atoms with Gasteiger partial charge in [0.05, 0.1) is 32.8 Å². The number of fused-ring (bicyclic) bond motifs is 2. The fourth-order valence-corrected chi connectivity index (χ4v) is 4.29. The minimum absolute atomic E-state index is 0. The van der Waals surface area contributed by atoms with Crippen molar-refractivity contribution < 1.29 is 47.5 Å². The maximum Gasteiger partial charge on any atom is 0.338 e. The molecule has 24 heavy (non-hydrogen) atoms. The second-order valence-electron chi connectivity index (χ2n) is 7.02. The van der Waals surface area contributed by atoms with Crippen LogP contribution < -0.4 is 24.0 Å². The van der Waals surface area contributed by atoms with Crippen LogP contribution in [-0.2, 0) is 14.3 Å². The van der Waals surface area contributed by atoms with Crippen molar-refractivity contribution in [1.82, 2.24) is 0 Å². The van der Waals surface area contributed by atoms with Crippen molar-refractivity contribution in [3.63, 3.8) is 0 Å². The summed E-state index contributed by atoms with van der Waals surface area (Å²) in [6, 6.07) is 9.50. The van der Waals surface area contributed by atoms with E-state index < -0.39 is 6.10 Å². The van der Waals surface area contributed by atoms with Crippen molar-refractivity contribution in [2.45, 2.75) is 37.5 Å². The van der Waals surface area contributed by atoms with Gasteiger partial charge in [-0.2, -0.15) is 0 Å². The van der Waals surface area contributed by atoms with Crippen LogP contribution in [0.3, 0.4) is 0 Å². The summed E-state index contributed by atoms with van der Waals surface area (Å²) < 4.78 is 11.6. The monoisotopic (exact) mass is 445 g/mol. The lowest BCUT2D eigenvalue weighted by atomic mass is 9.85. The van der Waals surface area contributed by atoms with Gasteiger partial charge in [-0.1, -0.05) is 18.2 Å². The fourth-order valence-electron chi connectivity index (χ4n) is 4.29. The second kappa shape index (κ2) is 7.39. The number of hydrogen-bond donors (Lipinski definition) is 0. The van der Waals surface area contributed by atoms with Gasteiger partial charge >= 0.3 is 11.9 Å². The third-order valence-electron chi connectivity index (χ3n) is 5.65. The molecule has 2 aliphatic heterocycles. The second-order valence-corrected chi connectivity index (χ2v) is 7.02. The molecular weight excluding hydrogens is 421 g/mol. The molecule has 0 aromatic heterocycles. The zero-order chi connectivity index (χ0) is 16.6.